The predicted molar refractivity (Wildman–Crippen MR) is 100 cm³/mol. The number of aryl methyl sites for hydroxylation is 1. The number of para-hydroxylation sites is 2. The highest BCUT2D eigenvalue weighted by atomic mass is 32.2. The number of anilines is 1. The number of nitrogens with one attached hydrogen (secondary N) is 2. The van der Waals surface area contributed by atoms with Crippen molar-refractivity contribution in [2.45, 2.75) is 19.4 Å². The van der Waals surface area contributed by atoms with Crippen molar-refractivity contribution in [3.05, 3.63) is 54.1 Å². The number of hydrogen-bond donors (Lipinski definition) is 2. The lowest BCUT2D eigenvalue weighted by atomic mass is 10.2. The molecule has 2 aromatic carbocycles. The van der Waals surface area contributed by atoms with Crippen molar-refractivity contribution in [3.8, 4) is 11.5 Å². The normalized spacial score (nSPS) is 17.3. The van der Waals surface area contributed by atoms with Gasteiger partial charge in [-0.15, -0.1) is 0 Å². The smallest absolute Gasteiger partial charge is 0.226 e. The van der Waals surface area contributed by atoms with E-state index < -0.39 is 0 Å². The van der Waals surface area contributed by atoms with Gasteiger partial charge in [0.1, 0.15) is 5.75 Å². The molecular formula is C19H22N2O2S. The monoisotopic (exact) mass is 342 g/mol. The quantitative estimate of drug-likeness (QED) is 0.867. The highest BCUT2D eigenvalue weighted by Gasteiger charge is 2.17. The fraction of sp³-hybridized carbons (Fsp3) is 0.316. The van der Waals surface area contributed by atoms with Crippen LogP contribution in [0.1, 0.15) is 12.0 Å². The highest BCUT2D eigenvalue weighted by molar-refractivity contribution is 7.99. The van der Waals surface area contributed by atoms with E-state index in [1.54, 1.807) is 0 Å². The first-order valence-electron chi connectivity index (χ1n) is 8.15. The second-order valence-electron chi connectivity index (χ2n) is 5.89. The Kier molecular flexibility index (Phi) is 5.77. The third-order valence-corrected chi connectivity index (χ3v) is 4.94. The van der Waals surface area contributed by atoms with Crippen molar-refractivity contribution >= 4 is 23.4 Å². The van der Waals surface area contributed by atoms with Gasteiger partial charge < -0.3 is 15.4 Å². The number of amides is 1. The maximum absolute atomic E-state index is 12.3. The summed E-state index contributed by atoms with van der Waals surface area (Å²) in [5.41, 5.74) is 1.84. The molecule has 126 valence electrons. The molecule has 0 radical (unpaired) electrons. The molecule has 1 aliphatic rings. The molecule has 1 aliphatic heterocycles. The molecule has 2 aromatic rings. The lowest BCUT2D eigenvalue weighted by Crippen LogP contribution is -2.39. The van der Waals surface area contributed by atoms with Crippen LogP contribution in [-0.2, 0) is 4.79 Å². The van der Waals surface area contributed by atoms with Crippen LogP contribution < -0.4 is 15.4 Å². The number of carbonyl (C=O) groups is 1. The van der Waals surface area contributed by atoms with E-state index in [1.165, 1.54) is 0 Å². The summed E-state index contributed by atoms with van der Waals surface area (Å²) >= 11 is 1.89. The average molecular weight is 342 g/mol. The second-order valence-corrected chi connectivity index (χ2v) is 7.04. The van der Waals surface area contributed by atoms with Gasteiger partial charge in [0.25, 0.3) is 0 Å². The van der Waals surface area contributed by atoms with Gasteiger partial charge in [-0.25, -0.2) is 0 Å². The van der Waals surface area contributed by atoms with E-state index in [9.17, 15) is 4.79 Å². The number of ether oxygens (including phenoxy) is 1. The zero-order chi connectivity index (χ0) is 16.8. The summed E-state index contributed by atoms with van der Waals surface area (Å²) < 4.78 is 5.95. The van der Waals surface area contributed by atoms with Crippen LogP contribution in [0, 0.1) is 6.92 Å². The Morgan fingerprint density at radius 3 is 2.96 bits per heavy atom. The summed E-state index contributed by atoms with van der Waals surface area (Å²) in [4.78, 5) is 12.3. The fourth-order valence-electron chi connectivity index (χ4n) is 2.64. The van der Waals surface area contributed by atoms with Crippen LogP contribution in [0.3, 0.4) is 0 Å². The minimum absolute atomic E-state index is 0.00953. The molecule has 2 N–H and O–H groups in total. The van der Waals surface area contributed by atoms with E-state index in [0.29, 0.717) is 17.9 Å². The Balaban J connectivity index is 1.66. The first-order valence-corrected chi connectivity index (χ1v) is 9.31. The maximum atomic E-state index is 12.3. The first kappa shape index (κ1) is 16.9. The van der Waals surface area contributed by atoms with Crippen molar-refractivity contribution in [2.75, 3.05) is 23.4 Å². The molecule has 1 fully saturated rings. The summed E-state index contributed by atoms with van der Waals surface area (Å²) in [7, 11) is 0. The Morgan fingerprint density at radius 2 is 2.17 bits per heavy atom. The summed E-state index contributed by atoms with van der Waals surface area (Å²) in [5.74, 6) is 3.53. The zero-order valence-electron chi connectivity index (χ0n) is 13.7. The van der Waals surface area contributed by atoms with Gasteiger partial charge >= 0.3 is 0 Å². The van der Waals surface area contributed by atoms with Crippen molar-refractivity contribution in [3.63, 3.8) is 0 Å². The number of hydrogen-bond acceptors (Lipinski definition) is 4. The van der Waals surface area contributed by atoms with Crippen molar-refractivity contribution in [2.24, 2.45) is 0 Å². The zero-order valence-corrected chi connectivity index (χ0v) is 14.6. The molecule has 24 heavy (non-hydrogen) atoms. The van der Waals surface area contributed by atoms with Gasteiger partial charge in [0.05, 0.1) is 5.69 Å². The van der Waals surface area contributed by atoms with Crippen LogP contribution in [0.5, 0.6) is 11.5 Å². The molecule has 5 heteroatoms. The molecule has 1 saturated heterocycles. The molecule has 0 aliphatic carbocycles. The van der Waals surface area contributed by atoms with Gasteiger partial charge in [-0.05, 0) is 36.8 Å². The van der Waals surface area contributed by atoms with E-state index in [1.807, 2.05) is 67.2 Å². The fourth-order valence-corrected chi connectivity index (χ4v) is 3.59. The van der Waals surface area contributed by atoms with Crippen LogP contribution in [0.2, 0.25) is 0 Å². The van der Waals surface area contributed by atoms with Crippen LogP contribution in [0.25, 0.3) is 0 Å². The molecule has 0 bridgehead atoms. The van der Waals surface area contributed by atoms with Crippen LogP contribution in [0.4, 0.5) is 5.69 Å². The molecule has 1 atom stereocenters. The number of thioether (sulfide) groups is 1. The molecule has 1 unspecified atom stereocenters. The Labute approximate surface area is 147 Å². The van der Waals surface area contributed by atoms with Gasteiger partial charge in [-0.3, -0.25) is 4.79 Å². The van der Waals surface area contributed by atoms with Gasteiger partial charge in [0, 0.05) is 30.5 Å². The molecule has 0 aromatic heterocycles. The minimum Gasteiger partial charge on any atom is -0.455 e. The third kappa shape index (κ3) is 4.76. The minimum atomic E-state index is 0.00953. The van der Waals surface area contributed by atoms with Gasteiger partial charge in [-0.2, -0.15) is 11.8 Å². The van der Waals surface area contributed by atoms with Gasteiger partial charge in [-0.1, -0.05) is 24.3 Å². The average Bonchev–Trinajstić information content (AvgIpc) is 2.57. The molecule has 3 rings (SSSR count). The van der Waals surface area contributed by atoms with E-state index >= 15 is 0 Å². The third-order valence-electron chi connectivity index (χ3n) is 3.81. The highest BCUT2D eigenvalue weighted by Crippen LogP contribution is 2.29. The number of carbonyl (C=O) groups excluding carboxylic acids is 1. The summed E-state index contributed by atoms with van der Waals surface area (Å²) in [6.07, 6.45) is 0.478. The number of rotatable bonds is 5. The first-order chi connectivity index (χ1) is 11.7. The molecule has 4 nitrogen and oxygen atoms in total. The maximum Gasteiger partial charge on any atom is 0.226 e. The SMILES string of the molecule is Cc1cccc(Oc2ccccc2NC(=O)CC2CSCCN2)c1. The molecule has 0 saturated carbocycles. The topological polar surface area (TPSA) is 50.4 Å². The van der Waals surface area contributed by atoms with Crippen LogP contribution >= 0.6 is 11.8 Å². The van der Waals surface area contributed by atoms with Gasteiger partial charge in [0.2, 0.25) is 5.91 Å². The summed E-state index contributed by atoms with van der Waals surface area (Å²) in [5, 5.41) is 6.36. The van der Waals surface area contributed by atoms with Crippen molar-refractivity contribution in [1.82, 2.24) is 5.32 Å². The Hall–Kier alpha value is -1.98. The van der Waals surface area contributed by atoms with Gasteiger partial charge in [0.15, 0.2) is 5.75 Å². The largest absolute Gasteiger partial charge is 0.455 e. The number of benzene rings is 2. The van der Waals surface area contributed by atoms with Crippen LogP contribution in [-0.4, -0.2) is 30.0 Å². The van der Waals surface area contributed by atoms with Crippen molar-refractivity contribution in [1.29, 1.82) is 0 Å². The van der Waals surface area contributed by atoms with E-state index in [2.05, 4.69) is 10.6 Å². The van der Waals surface area contributed by atoms with Crippen molar-refractivity contribution < 1.29 is 9.53 Å². The molecule has 0 spiro atoms. The lowest BCUT2D eigenvalue weighted by molar-refractivity contribution is -0.116. The molecule has 1 amide bonds. The molecular weight excluding hydrogens is 320 g/mol. The summed E-state index contributed by atoms with van der Waals surface area (Å²) in [6, 6.07) is 15.6. The van der Waals surface area contributed by atoms with E-state index in [0.717, 1.165) is 29.4 Å². The van der Waals surface area contributed by atoms with E-state index in [-0.39, 0.29) is 11.9 Å². The second kappa shape index (κ2) is 8.22. The molecule has 1 heterocycles. The predicted octanol–water partition coefficient (Wildman–Crippen LogP) is 3.82. The summed E-state index contributed by atoms with van der Waals surface area (Å²) in [6.45, 7) is 2.99. The Morgan fingerprint density at radius 1 is 1.29 bits per heavy atom. The Bertz CT molecular complexity index is 699. The lowest BCUT2D eigenvalue weighted by Gasteiger charge is -2.22. The van der Waals surface area contributed by atoms with Crippen LogP contribution in [0.15, 0.2) is 48.5 Å². The van der Waals surface area contributed by atoms with E-state index in [4.69, 9.17) is 4.74 Å². The standard InChI is InChI=1S/C19H22N2O2S/c1-14-5-4-6-16(11-14)23-18-8-3-2-7-17(18)21-19(22)12-15-13-24-10-9-20-15/h2-8,11,15,20H,9-10,12-13H2,1H3,(H,21,22).